The van der Waals surface area contributed by atoms with Crippen molar-refractivity contribution in [1.29, 1.82) is 0 Å². The van der Waals surface area contributed by atoms with Gasteiger partial charge in [-0.05, 0) is 54.4 Å². The van der Waals surface area contributed by atoms with Gasteiger partial charge in [-0.15, -0.1) is 0 Å². The molecular weight excluding hydrogens is 454 g/mol. The molecule has 1 aromatic heterocycles. The van der Waals surface area contributed by atoms with Crippen LogP contribution in [0, 0.1) is 6.92 Å². The molecule has 0 radical (unpaired) electrons. The molecule has 1 aliphatic rings. The summed E-state index contributed by atoms with van der Waals surface area (Å²) < 4.78 is 17.2. The predicted octanol–water partition coefficient (Wildman–Crippen LogP) is 5.74. The maximum absolute atomic E-state index is 13.6. The molecule has 2 heterocycles. The van der Waals surface area contributed by atoms with Crippen molar-refractivity contribution in [3.8, 4) is 11.5 Å². The lowest BCUT2D eigenvalue weighted by Crippen LogP contribution is -2.32. The first-order valence-corrected chi connectivity index (χ1v) is 11.3. The largest absolute Gasteiger partial charge is 0.457 e. The van der Waals surface area contributed by atoms with Gasteiger partial charge in [0.25, 0.3) is 5.91 Å². The Morgan fingerprint density at radius 1 is 1.00 bits per heavy atom. The zero-order valence-electron chi connectivity index (χ0n) is 18.7. The van der Waals surface area contributed by atoms with Crippen LogP contribution in [0.1, 0.15) is 33.3 Å². The lowest BCUT2D eigenvalue weighted by atomic mass is 9.98. The molecule has 0 saturated carbocycles. The molecule has 0 N–H and O–H groups in total. The minimum absolute atomic E-state index is 0.0507. The van der Waals surface area contributed by atoms with Crippen molar-refractivity contribution in [3.05, 3.63) is 104 Å². The van der Waals surface area contributed by atoms with Crippen molar-refractivity contribution in [2.75, 3.05) is 20.3 Å². The Kier molecular flexibility index (Phi) is 5.86. The maximum Gasteiger partial charge on any atom is 0.290 e. The fourth-order valence-corrected chi connectivity index (χ4v) is 4.44. The first-order chi connectivity index (χ1) is 16.5. The molecule has 1 amide bonds. The Morgan fingerprint density at radius 2 is 1.76 bits per heavy atom. The number of para-hydroxylation sites is 1. The van der Waals surface area contributed by atoms with E-state index in [9.17, 15) is 9.59 Å². The molecule has 3 aromatic carbocycles. The highest BCUT2D eigenvalue weighted by Crippen LogP contribution is 2.39. The first kappa shape index (κ1) is 22.2. The summed E-state index contributed by atoms with van der Waals surface area (Å²) in [5, 5.41) is 0.813. The molecule has 5 rings (SSSR count). The molecule has 7 heteroatoms. The van der Waals surface area contributed by atoms with Gasteiger partial charge >= 0.3 is 0 Å². The second-order valence-corrected chi connectivity index (χ2v) is 8.56. The number of amides is 1. The van der Waals surface area contributed by atoms with E-state index in [4.69, 9.17) is 25.5 Å². The highest BCUT2D eigenvalue weighted by Gasteiger charge is 2.42. The number of halogens is 1. The van der Waals surface area contributed by atoms with E-state index >= 15 is 0 Å². The third-order valence-electron chi connectivity index (χ3n) is 5.94. The summed E-state index contributed by atoms with van der Waals surface area (Å²) in [5.41, 5.74) is 1.87. The van der Waals surface area contributed by atoms with Crippen molar-refractivity contribution in [2.45, 2.75) is 13.0 Å². The number of carbonyl (C=O) groups is 1. The molecule has 0 saturated heterocycles. The lowest BCUT2D eigenvalue weighted by Gasteiger charge is -2.25. The highest BCUT2D eigenvalue weighted by atomic mass is 35.5. The van der Waals surface area contributed by atoms with Gasteiger partial charge in [0.2, 0.25) is 5.76 Å². The third-order valence-corrected chi connectivity index (χ3v) is 6.34. The van der Waals surface area contributed by atoms with Gasteiger partial charge in [0.1, 0.15) is 17.1 Å². The minimum atomic E-state index is -0.641. The standard InChI is InChI=1S/C27H22ClNO5/c1-16-13-22-20(15-21(16)28)25(30)23-24(29(11-12-32-2)27(31)26(23)34-22)17-7-6-10-19(14-17)33-18-8-4-3-5-9-18/h3-10,13-15,24H,11-12H2,1-2H3. The summed E-state index contributed by atoms with van der Waals surface area (Å²) in [7, 11) is 1.57. The van der Waals surface area contributed by atoms with Crippen molar-refractivity contribution in [3.63, 3.8) is 0 Å². The summed E-state index contributed by atoms with van der Waals surface area (Å²) in [6.45, 7) is 2.43. The van der Waals surface area contributed by atoms with Crippen LogP contribution in [0.25, 0.3) is 11.0 Å². The molecule has 0 spiro atoms. The van der Waals surface area contributed by atoms with E-state index in [0.29, 0.717) is 46.2 Å². The van der Waals surface area contributed by atoms with Crippen LogP contribution in [0.3, 0.4) is 0 Å². The van der Waals surface area contributed by atoms with E-state index < -0.39 is 6.04 Å². The molecule has 0 fully saturated rings. The van der Waals surface area contributed by atoms with Crippen LogP contribution < -0.4 is 10.2 Å². The number of hydrogen-bond donors (Lipinski definition) is 0. The Labute approximate surface area is 201 Å². The average Bonchev–Trinajstić information content (AvgIpc) is 3.11. The SMILES string of the molecule is COCCN1C(=O)c2oc3cc(C)c(Cl)cc3c(=O)c2C1c1cccc(Oc2ccccc2)c1. The van der Waals surface area contributed by atoms with E-state index in [0.717, 1.165) is 11.1 Å². The highest BCUT2D eigenvalue weighted by molar-refractivity contribution is 6.32. The number of carbonyl (C=O) groups excluding carboxylic acids is 1. The molecule has 4 aromatic rings. The normalized spacial score (nSPS) is 15.1. The van der Waals surface area contributed by atoms with E-state index in [1.165, 1.54) is 0 Å². The number of nitrogens with zero attached hydrogens (tertiary/aromatic N) is 1. The third kappa shape index (κ3) is 3.85. The molecule has 1 atom stereocenters. The summed E-state index contributed by atoms with van der Waals surface area (Å²) >= 11 is 6.30. The Balaban J connectivity index is 1.66. The number of methoxy groups -OCH3 is 1. The van der Waals surface area contributed by atoms with Crippen LogP contribution >= 0.6 is 11.6 Å². The number of fused-ring (bicyclic) bond motifs is 2. The zero-order valence-corrected chi connectivity index (χ0v) is 19.5. The molecule has 1 aliphatic heterocycles. The number of hydrogen-bond acceptors (Lipinski definition) is 5. The Morgan fingerprint density at radius 3 is 2.53 bits per heavy atom. The second-order valence-electron chi connectivity index (χ2n) is 8.15. The fraction of sp³-hybridized carbons (Fsp3) is 0.185. The van der Waals surface area contributed by atoms with Gasteiger partial charge in [-0.1, -0.05) is 41.9 Å². The fourth-order valence-electron chi connectivity index (χ4n) is 4.28. The van der Waals surface area contributed by atoms with Crippen molar-refractivity contribution in [2.24, 2.45) is 0 Å². The van der Waals surface area contributed by atoms with Gasteiger partial charge in [0.05, 0.1) is 23.6 Å². The summed E-state index contributed by atoms with van der Waals surface area (Å²) in [5.74, 6) is 0.988. The molecular formula is C27H22ClNO5. The van der Waals surface area contributed by atoms with Crippen LogP contribution in [-0.4, -0.2) is 31.1 Å². The molecule has 0 bridgehead atoms. The summed E-state index contributed by atoms with van der Waals surface area (Å²) in [4.78, 5) is 28.6. The predicted molar refractivity (Wildman–Crippen MR) is 130 cm³/mol. The molecule has 6 nitrogen and oxygen atoms in total. The van der Waals surface area contributed by atoms with E-state index in [1.54, 1.807) is 24.1 Å². The van der Waals surface area contributed by atoms with Crippen LogP contribution in [0.5, 0.6) is 11.5 Å². The summed E-state index contributed by atoms with van der Waals surface area (Å²) in [6.07, 6.45) is 0. The lowest BCUT2D eigenvalue weighted by molar-refractivity contribution is 0.0663. The molecule has 172 valence electrons. The van der Waals surface area contributed by atoms with Gasteiger partial charge < -0.3 is 18.8 Å². The van der Waals surface area contributed by atoms with Crippen LogP contribution in [0.2, 0.25) is 5.02 Å². The molecule has 0 aliphatic carbocycles. The zero-order chi connectivity index (χ0) is 23.8. The monoisotopic (exact) mass is 475 g/mol. The van der Waals surface area contributed by atoms with Crippen LogP contribution in [-0.2, 0) is 4.74 Å². The van der Waals surface area contributed by atoms with Gasteiger partial charge in [-0.25, -0.2) is 0 Å². The van der Waals surface area contributed by atoms with E-state index in [-0.39, 0.29) is 17.1 Å². The molecule has 1 unspecified atom stereocenters. The Bertz CT molecular complexity index is 1450. The summed E-state index contributed by atoms with van der Waals surface area (Å²) in [6, 6.07) is 19.4. The van der Waals surface area contributed by atoms with E-state index in [2.05, 4.69) is 0 Å². The topological polar surface area (TPSA) is 69.0 Å². The minimum Gasteiger partial charge on any atom is -0.457 e. The first-order valence-electron chi connectivity index (χ1n) is 10.9. The van der Waals surface area contributed by atoms with Gasteiger partial charge in [0.15, 0.2) is 5.43 Å². The number of aryl methyl sites for hydroxylation is 1. The van der Waals surface area contributed by atoms with Gasteiger partial charge in [-0.2, -0.15) is 0 Å². The molecule has 34 heavy (non-hydrogen) atoms. The number of ether oxygens (including phenoxy) is 2. The quantitative estimate of drug-likeness (QED) is 0.355. The van der Waals surface area contributed by atoms with Crippen LogP contribution in [0.4, 0.5) is 0 Å². The number of rotatable bonds is 6. The van der Waals surface area contributed by atoms with Gasteiger partial charge in [0, 0.05) is 18.7 Å². The van der Waals surface area contributed by atoms with Crippen molar-refractivity contribution >= 4 is 28.5 Å². The van der Waals surface area contributed by atoms with Gasteiger partial charge in [-0.3, -0.25) is 9.59 Å². The smallest absolute Gasteiger partial charge is 0.290 e. The van der Waals surface area contributed by atoms with E-state index in [1.807, 2.05) is 61.5 Å². The van der Waals surface area contributed by atoms with Crippen molar-refractivity contribution in [1.82, 2.24) is 4.90 Å². The maximum atomic E-state index is 13.6. The van der Waals surface area contributed by atoms with Crippen molar-refractivity contribution < 1.29 is 18.7 Å². The van der Waals surface area contributed by atoms with Crippen LogP contribution in [0.15, 0.2) is 75.9 Å². The average molecular weight is 476 g/mol. The second kappa shape index (κ2) is 8.97. The Hall–Kier alpha value is -3.61. The number of benzene rings is 3.